The quantitative estimate of drug-likeness (QED) is 0.457. The summed E-state index contributed by atoms with van der Waals surface area (Å²) >= 11 is 0. The van der Waals surface area contributed by atoms with Crippen LogP contribution < -0.4 is 5.46 Å². The van der Waals surface area contributed by atoms with E-state index in [1.54, 1.807) is 0 Å². The number of rotatable bonds is 0. The van der Waals surface area contributed by atoms with E-state index in [1.165, 1.54) is 11.0 Å². The second-order valence-electron chi connectivity index (χ2n) is 2.43. The Balaban J connectivity index is 2.61. The Labute approximate surface area is 61.1 Å². The Kier molecular flexibility index (Phi) is 1.13. The molecular weight excluding hydrogens is 121 g/mol. The first-order valence-corrected chi connectivity index (χ1v) is 3.35. The van der Waals surface area contributed by atoms with Crippen LogP contribution in [0.3, 0.4) is 0 Å². The first-order chi connectivity index (χ1) is 4.88. The van der Waals surface area contributed by atoms with Gasteiger partial charge in [0, 0.05) is 5.71 Å². The number of fused-ring (bicyclic) bond motifs is 1. The Bertz CT molecular complexity index is 291. The van der Waals surface area contributed by atoms with Crippen LogP contribution in [0.15, 0.2) is 29.2 Å². The van der Waals surface area contributed by atoms with Gasteiger partial charge in [0.25, 0.3) is 0 Å². The summed E-state index contributed by atoms with van der Waals surface area (Å²) in [6, 6.07) is 8.24. The fourth-order valence-electron chi connectivity index (χ4n) is 1.17. The van der Waals surface area contributed by atoms with Crippen molar-refractivity contribution < 1.29 is 0 Å². The molecule has 1 aliphatic rings. The molecule has 0 aromatic heterocycles. The fourth-order valence-corrected chi connectivity index (χ4v) is 1.17. The van der Waals surface area contributed by atoms with E-state index in [9.17, 15) is 0 Å². The molecule has 0 amide bonds. The van der Waals surface area contributed by atoms with E-state index < -0.39 is 0 Å². The Hall–Kier alpha value is -1.05. The molecule has 2 rings (SSSR count). The topological polar surface area (TPSA) is 12.4 Å². The molecule has 0 atom stereocenters. The molecule has 2 heteroatoms. The lowest BCUT2D eigenvalue weighted by atomic mass is 9.84. The number of hydrogen-bond acceptors (Lipinski definition) is 1. The van der Waals surface area contributed by atoms with E-state index >= 15 is 0 Å². The molecule has 1 aromatic rings. The second-order valence-corrected chi connectivity index (χ2v) is 2.43. The Morgan fingerprint density at radius 2 is 2.10 bits per heavy atom. The van der Waals surface area contributed by atoms with Crippen molar-refractivity contribution in [3.63, 3.8) is 0 Å². The molecular formula is C8H7BN. The van der Waals surface area contributed by atoms with Crippen LogP contribution in [-0.2, 0) is 0 Å². The standard InChI is InChI=1S/C8H7BN/c1-6-7-4-2-3-5-8(7)9-10-6/h2-5H,1H3. The fraction of sp³-hybridized carbons (Fsp3) is 0.125. The van der Waals surface area contributed by atoms with Crippen LogP contribution >= 0.6 is 0 Å². The predicted octanol–water partition coefficient (Wildman–Crippen LogP) is 0.754. The molecule has 0 unspecified atom stereocenters. The molecule has 0 fully saturated rings. The maximum atomic E-state index is 4.20. The van der Waals surface area contributed by atoms with Gasteiger partial charge in [0.15, 0.2) is 0 Å². The van der Waals surface area contributed by atoms with Crippen molar-refractivity contribution in [1.82, 2.24) is 0 Å². The van der Waals surface area contributed by atoms with E-state index in [-0.39, 0.29) is 0 Å². The van der Waals surface area contributed by atoms with Gasteiger partial charge < -0.3 is 4.90 Å². The molecule has 0 aliphatic carbocycles. The molecule has 1 radical (unpaired) electrons. The Morgan fingerprint density at radius 3 is 2.90 bits per heavy atom. The van der Waals surface area contributed by atoms with Crippen LogP contribution in [0.4, 0.5) is 0 Å². The zero-order chi connectivity index (χ0) is 6.97. The monoisotopic (exact) mass is 128 g/mol. The van der Waals surface area contributed by atoms with Crippen molar-refractivity contribution in [3.8, 4) is 0 Å². The molecule has 10 heavy (non-hydrogen) atoms. The maximum Gasteiger partial charge on any atom is 0.313 e. The average Bonchev–Trinajstić information content (AvgIpc) is 2.34. The summed E-state index contributed by atoms with van der Waals surface area (Å²) in [6.45, 7) is 2.03. The lowest BCUT2D eigenvalue weighted by molar-refractivity contribution is 1.68. The number of hydrogen-bond donors (Lipinski definition) is 0. The van der Waals surface area contributed by atoms with Crippen LogP contribution in [0.5, 0.6) is 0 Å². The lowest BCUT2D eigenvalue weighted by Gasteiger charge is -1.95. The first-order valence-electron chi connectivity index (χ1n) is 3.35. The third kappa shape index (κ3) is 0.686. The molecule has 1 aromatic carbocycles. The maximum absolute atomic E-state index is 4.20. The van der Waals surface area contributed by atoms with E-state index in [1.807, 2.05) is 26.5 Å². The van der Waals surface area contributed by atoms with Gasteiger partial charge in [0.2, 0.25) is 0 Å². The van der Waals surface area contributed by atoms with Gasteiger partial charge in [0.1, 0.15) is 0 Å². The van der Waals surface area contributed by atoms with Gasteiger partial charge in [-0.05, 0) is 17.9 Å². The van der Waals surface area contributed by atoms with Crippen molar-refractivity contribution in [3.05, 3.63) is 29.8 Å². The zero-order valence-electron chi connectivity index (χ0n) is 5.83. The van der Waals surface area contributed by atoms with E-state index in [0.717, 1.165) is 5.71 Å². The first kappa shape index (κ1) is 5.72. The van der Waals surface area contributed by atoms with Crippen molar-refractivity contribution in [1.29, 1.82) is 0 Å². The van der Waals surface area contributed by atoms with Gasteiger partial charge in [-0.2, -0.15) is 0 Å². The summed E-state index contributed by atoms with van der Waals surface area (Å²) in [5.74, 6) is 0. The van der Waals surface area contributed by atoms with E-state index in [2.05, 4.69) is 17.0 Å². The van der Waals surface area contributed by atoms with E-state index in [0.29, 0.717) is 0 Å². The molecule has 1 aliphatic heterocycles. The summed E-state index contributed by atoms with van der Waals surface area (Å²) in [7, 11) is 1.91. The number of benzene rings is 1. The highest BCUT2D eigenvalue weighted by atomic mass is 14.6. The van der Waals surface area contributed by atoms with Crippen LogP contribution in [0.25, 0.3) is 0 Å². The SMILES string of the molecule is CC1=N[B]c2ccccc21. The normalized spacial score (nSPS) is 13.9. The predicted molar refractivity (Wildman–Crippen MR) is 44.0 cm³/mol. The molecule has 0 saturated carbocycles. The smallest absolute Gasteiger partial charge is 0.313 e. The zero-order valence-corrected chi connectivity index (χ0v) is 5.83. The van der Waals surface area contributed by atoms with Crippen LogP contribution in [0.2, 0.25) is 0 Å². The highest BCUT2D eigenvalue weighted by Crippen LogP contribution is 2.03. The van der Waals surface area contributed by atoms with Crippen LogP contribution in [0, 0.1) is 0 Å². The molecule has 0 N–H and O–H groups in total. The summed E-state index contributed by atoms with van der Waals surface area (Å²) in [4.78, 5) is 4.20. The van der Waals surface area contributed by atoms with Gasteiger partial charge >= 0.3 is 7.41 Å². The van der Waals surface area contributed by atoms with Crippen LogP contribution in [0.1, 0.15) is 12.5 Å². The molecule has 0 bridgehead atoms. The number of nitrogens with zero attached hydrogens (tertiary/aromatic N) is 1. The van der Waals surface area contributed by atoms with Gasteiger partial charge in [-0.3, -0.25) is 0 Å². The summed E-state index contributed by atoms with van der Waals surface area (Å²) < 4.78 is 0. The van der Waals surface area contributed by atoms with Crippen molar-refractivity contribution in [2.24, 2.45) is 4.90 Å². The third-order valence-corrected chi connectivity index (χ3v) is 1.75. The molecule has 1 heterocycles. The van der Waals surface area contributed by atoms with E-state index in [4.69, 9.17) is 0 Å². The summed E-state index contributed by atoms with van der Waals surface area (Å²) in [5.41, 5.74) is 3.62. The largest absolute Gasteiger partial charge is 0.345 e. The minimum absolute atomic E-state index is 1.12. The summed E-state index contributed by atoms with van der Waals surface area (Å²) in [5, 5.41) is 0. The van der Waals surface area contributed by atoms with Gasteiger partial charge in [-0.1, -0.05) is 24.3 Å². The van der Waals surface area contributed by atoms with Gasteiger partial charge in [0.05, 0.1) is 0 Å². The summed E-state index contributed by atoms with van der Waals surface area (Å²) in [6.07, 6.45) is 0. The average molecular weight is 128 g/mol. The molecule has 1 nitrogen and oxygen atoms in total. The van der Waals surface area contributed by atoms with Crippen molar-refractivity contribution in [2.45, 2.75) is 6.92 Å². The van der Waals surface area contributed by atoms with Crippen LogP contribution in [-0.4, -0.2) is 13.1 Å². The highest BCUT2D eigenvalue weighted by Gasteiger charge is 2.10. The third-order valence-electron chi connectivity index (χ3n) is 1.75. The lowest BCUT2D eigenvalue weighted by Crippen LogP contribution is -2.11. The van der Waals surface area contributed by atoms with Crippen molar-refractivity contribution in [2.75, 3.05) is 0 Å². The molecule has 47 valence electrons. The second kappa shape index (κ2) is 1.98. The molecule has 0 saturated heterocycles. The Morgan fingerprint density at radius 1 is 1.30 bits per heavy atom. The minimum Gasteiger partial charge on any atom is -0.345 e. The van der Waals surface area contributed by atoms with Gasteiger partial charge in [-0.25, -0.2) is 0 Å². The highest BCUT2D eigenvalue weighted by molar-refractivity contribution is 6.59. The van der Waals surface area contributed by atoms with Crippen molar-refractivity contribution >= 4 is 18.6 Å². The molecule has 0 spiro atoms. The van der Waals surface area contributed by atoms with Gasteiger partial charge in [-0.15, -0.1) is 0 Å². The minimum atomic E-state index is 1.12.